The van der Waals surface area contributed by atoms with Gasteiger partial charge in [-0.1, -0.05) is 24.3 Å². The smallest absolute Gasteiger partial charge is 0.422 e. The SMILES string of the molecule is O=c1nc(OCC(F)(F)F)c2ccc(C3CC3)cc2n1-c1ccccc1. The molecule has 0 saturated heterocycles. The highest BCUT2D eigenvalue weighted by molar-refractivity contribution is 5.86. The Morgan fingerprint density at radius 2 is 1.85 bits per heavy atom. The highest BCUT2D eigenvalue weighted by atomic mass is 19.4. The Labute approximate surface area is 146 Å². The van der Waals surface area contributed by atoms with E-state index in [-0.39, 0.29) is 5.88 Å². The quantitative estimate of drug-likeness (QED) is 0.700. The first kappa shape index (κ1) is 16.6. The molecule has 1 aliphatic carbocycles. The van der Waals surface area contributed by atoms with Crippen molar-refractivity contribution in [1.82, 2.24) is 9.55 Å². The van der Waals surface area contributed by atoms with Gasteiger partial charge in [0.2, 0.25) is 5.88 Å². The molecular formula is C19H15F3N2O2. The van der Waals surface area contributed by atoms with Crippen molar-refractivity contribution in [2.75, 3.05) is 6.61 Å². The molecule has 0 amide bonds. The minimum atomic E-state index is -4.50. The lowest BCUT2D eigenvalue weighted by atomic mass is 10.1. The standard InChI is InChI=1S/C19H15F3N2O2/c20-19(21,22)11-26-17-15-9-8-13(12-6-7-12)10-16(15)24(18(25)23-17)14-4-2-1-3-5-14/h1-5,8-10,12H,6-7,11H2. The third-order valence-electron chi connectivity index (χ3n) is 4.32. The molecule has 1 heterocycles. The number of fused-ring (bicyclic) bond motifs is 1. The first-order chi connectivity index (χ1) is 12.4. The molecule has 4 nitrogen and oxygen atoms in total. The van der Waals surface area contributed by atoms with Crippen LogP contribution >= 0.6 is 0 Å². The fourth-order valence-electron chi connectivity index (χ4n) is 2.97. The predicted molar refractivity (Wildman–Crippen MR) is 90.9 cm³/mol. The molecule has 1 aliphatic rings. The van der Waals surface area contributed by atoms with Gasteiger partial charge in [0.25, 0.3) is 0 Å². The molecule has 2 aromatic carbocycles. The summed E-state index contributed by atoms with van der Waals surface area (Å²) in [5, 5.41) is 0.377. The summed E-state index contributed by atoms with van der Waals surface area (Å²) in [7, 11) is 0. The predicted octanol–water partition coefficient (Wildman–Crippen LogP) is 4.20. The van der Waals surface area contributed by atoms with Crippen LogP contribution in [0.15, 0.2) is 53.3 Å². The average molecular weight is 360 g/mol. The molecule has 1 saturated carbocycles. The van der Waals surface area contributed by atoms with Gasteiger partial charge in [0, 0.05) is 0 Å². The average Bonchev–Trinajstić information content (AvgIpc) is 3.44. The van der Waals surface area contributed by atoms with E-state index in [1.807, 2.05) is 18.2 Å². The van der Waals surface area contributed by atoms with Crippen molar-refractivity contribution in [3.8, 4) is 11.6 Å². The second kappa shape index (κ2) is 6.16. The van der Waals surface area contributed by atoms with Crippen LogP contribution < -0.4 is 10.4 Å². The summed E-state index contributed by atoms with van der Waals surface area (Å²) in [6, 6.07) is 14.3. The van der Waals surface area contributed by atoms with Crippen molar-refractivity contribution >= 4 is 10.9 Å². The van der Waals surface area contributed by atoms with E-state index in [0.717, 1.165) is 18.4 Å². The Bertz CT molecular complexity index is 1010. The molecule has 1 aromatic heterocycles. The van der Waals surface area contributed by atoms with Gasteiger partial charge in [-0.2, -0.15) is 18.2 Å². The number of alkyl halides is 3. The maximum absolute atomic E-state index is 12.6. The van der Waals surface area contributed by atoms with Crippen LogP contribution in [0, 0.1) is 0 Å². The summed E-state index contributed by atoms with van der Waals surface area (Å²) >= 11 is 0. The molecule has 0 unspecified atom stereocenters. The lowest BCUT2D eigenvalue weighted by Crippen LogP contribution is -2.25. The van der Waals surface area contributed by atoms with E-state index < -0.39 is 18.5 Å². The lowest BCUT2D eigenvalue weighted by molar-refractivity contribution is -0.153. The number of ether oxygens (including phenoxy) is 1. The van der Waals surface area contributed by atoms with E-state index in [0.29, 0.717) is 22.5 Å². The largest absolute Gasteiger partial charge is 0.467 e. The van der Waals surface area contributed by atoms with Crippen molar-refractivity contribution in [3.63, 3.8) is 0 Å². The number of hydrogen-bond acceptors (Lipinski definition) is 3. The molecule has 0 bridgehead atoms. The van der Waals surface area contributed by atoms with Gasteiger partial charge in [-0.15, -0.1) is 0 Å². The van der Waals surface area contributed by atoms with E-state index in [1.165, 1.54) is 4.57 Å². The molecule has 0 spiro atoms. The summed E-state index contributed by atoms with van der Waals surface area (Å²) in [6.45, 7) is -1.49. The van der Waals surface area contributed by atoms with Gasteiger partial charge in [-0.3, -0.25) is 4.57 Å². The third kappa shape index (κ3) is 3.29. The molecule has 0 radical (unpaired) electrons. The van der Waals surface area contributed by atoms with Gasteiger partial charge in [0.05, 0.1) is 16.6 Å². The number of para-hydroxylation sites is 1. The molecular weight excluding hydrogens is 345 g/mol. The van der Waals surface area contributed by atoms with Crippen LogP contribution in [0.25, 0.3) is 16.6 Å². The highest BCUT2D eigenvalue weighted by Crippen LogP contribution is 2.41. The highest BCUT2D eigenvalue weighted by Gasteiger charge is 2.30. The van der Waals surface area contributed by atoms with Crippen LogP contribution in [0.2, 0.25) is 0 Å². The van der Waals surface area contributed by atoms with Crippen LogP contribution in [-0.2, 0) is 0 Å². The third-order valence-corrected chi connectivity index (χ3v) is 4.32. The molecule has 7 heteroatoms. The Hall–Kier alpha value is -2.83. The van der Waals surface area contributed by atoms with Crippen molar-refractivity contribution in [1.29, 1.82) is 0 Å². The van der Waals surface area contributed by atoms with E-state index in [9.17, 15) is 18.0 Å². The van der Waals surface area contributed by atoms with Crippen LogP contribution in [0.1, 0.15) is 24.3 Å². The number of halogens is 3. The lowest BCUT2D eigenvalue weighted by Gasteiger charge is -2.15. The fraction of sp³-hybridized carbons (Fsp3) is 0.263. The van der Waals surface area contributed by atoms with Crippen LogP contribution in [0.4, 0.5) is 13.2 Å². The van der Waals surface area contributed by atoms with Gasteiger partial charge in [0.15, 0.2) is 6.61 Å². The first-order valence-corrected chi connectivity index (χ1v) is 8.24. The zero-order valence-electron chi connectivity index (χ0n) is 13.7. The van der Waals surface area contributed by atoms with Crippen LogP contribution in [0.3, 0.4) is 0 Å². The number of nitrogens with zero attached hydrogens (tertiary/aromatic N) is 2. The number of rotatable bonds is 4. The molecule has 134 valence electrons. The normalized spacial score (nSPS) is 14.6. The Kier molecular flexibility index (Phi) is 3.94. The van der Waals surface area contributed by atoms with Gasteiger partial charge >= 0.3 is 11.9 Å². The number of benzene rings is 2. The summed E-state index contributed by atoms with van der Waals surface area (Å²) < 4.78 is 43.8. The summed E-state index contributed by atoms with van der Waals surface area (Å²) in [4.78, 5) is 16.3. The molecule has 0 N–H and O–H groups in total. The molecule has 26 heavy (non-hydrogen) atoms. The minimum absolute atomic E-state index is 0.295. The summed E-state index contributed by atoms with van der Waals surface area (Å²) in [5.74, 6) is 0.142. The fourth-order valence-corrected chi connectivity index (χ4v) is 2.97. The molecule has 0 atom stereocenters. The molecule has 3 aromatic rings. The van der Waals surface area contributed by atoms with Crippen molar-refractivity contribution < 1.29 is 17.9 Å². The van der Waals surface area contributed by atoms with Crippen LogP contribution in [0.5, 0.6) is 5.88 Å². The van der Waals surface area contributed by atoms with Gasteiger partial charge in [0.1, 0.15) is 0 Å². The maximum Gasteiger partial charge on any atom is 0.422 e. The number of hydrogen-bond donors (Lipinski definition) is 0. The van der Waals surface area contributed by atoms with E-state index in [4.69, 9.17) is 4.74 Å². The Morgan fingerprint density at radius 3 is 2.50 bits per heavy atom. The van der Waals surface area contributed by atoms with Crippen molar-refractivity contribution in [3.05, 3.63) is 64.6 Å². The van der Waals surface area contributed by atoms with Gasteiger partial charge in [-0.05, 0) is 48.6 Å². The van der Waals surface area contributed by atoms with E-state index in [1.54, 1.807) is 30.3 Å². The van der Waals surface area contributed by atoms with Gasteiger partial charge < -0.3 is 4.74 Å². The van der Waals surface area contributed by atoms with Crippen LogP contribution in [-0.4, -0.2) is 22.3 Å². The zero-order valence-corrected chi connectivity index (χ0v) is 13.7. The topological polar surface area (TPSA) is 44.1 Å². The Balaban J connectivity index is 1.91. The Morgan fingerprint density at radius 1 is 1.12 bits per heavy atom. The first-order valence-electron chi connectivity index (χ1n) is 8.24. The minimum Gasteiger partial charge on any atom is -0.467 e. The summed E-state index contributed by atoms with van der Waals surface area (Å²) in [5.41, 5.74) is 1.49. The zero-order chi connectivity index (χ0) is 18.3. The molecule has 0 aliphatic heterocycles. The summed E-state index contributed by atoms with van der Waals surface area (Å²) in [6.07, 6.45) is -2.36. The van der Waals surface area contributed by atoms with Crippen molar-refractivity contribution in [2.24, 2.45) is 0 Å². The molecule has 1 fully saturated rings. The second-order valence-corrected chi connectivity index (χ2v) is 6.33. The molecule has 4 rings (SSSR count). The monoisotopic (exact) mass is 360 g/mol. The van der Waals surface area contributed by atoms with Gasteiger partial charge in [-0.25, -0.2) is 4.79 Å². The maximum atomic E-state index is 12.6. The van der Waals surface area contributed by atoms with E-state index in [2.05, 4.69) is 4.98 Å². The van der Waals surface area contributed by atoms with E-state index >= 15 is 0 Å². The van der Waals surface area contributed by atoms with Crippen molar-refractivity contribution in [2.45, 2.75) is 24.9 Å². The second-order valence-electron chi connectivity index (χ2n) is 6.33. The number of aromatic nitrogens is 2.